The summed E-state index contributed by atoms with van der Waals surface area (Å²) < 4.78 is 5.72. The van der Waals surface area contributed by atoms with Gasteiger partial charge in [-0.05, 0) is 20.8 Å². The molecule has 3 heteroatoms. The summed E-state index contributed by atoms with van der Waals surface area (Å²) in [7, 11) is 0. The van der Waals surface area contributed by atoms with Crippen LogP contribution in [0, 0.1) is 12.3 Å². The zero-order valence-electron chi connectivity index (χ0n) is 9.75. The molecule has 0 aliphatic carbocycles. The summed E-state index contributed by atoms with van der Waals surface area (Å²) in [6.07, 6.45) is 6.20. The molecule has 1 aliphatic rings. The number of hydrogen-bond acceptors (Lipinski definition) is 2. The molecule has 0 spiro atoms. The zero-order chi connectivity index (χ0) is 11.5. The van der Waals surface area contributed by atoms with Gasteiger partial charge in [0.1, 0.15) is 0 Å². The van der Waals surface area contributed by atoms with Crippen LogP contribution in [-0.2, 0) is 9.53 Å². The van der Waals surface area contributed by atoms with E-state index >= 15 is 0 Å². The number of amides is 1. The first kappa shape index (κ1) is 12.1. The van der Waals surface area contributed by atoms with E-state index in [4.69, 9.17) is 11.2 Å². The SMILES string of the molecule is C#CCCC(=O)N1C[C@H](C)OC(C)(C)C1. The molecule has 0 N–H and O–H groups in total. The molecule has 1 rings (SSSR count). The highest BCUT2D eigenvalue weighted by Crippen LogP contribution is 2.21. The smallest absolute Gasteiger partial charge is 0.223 e. The van der Waals surface area contributed by atoms with E-state index < -0.39 is 0 Å². The minimum absolute atomic E-state index is 0.100. The first-order chi connectivity index (χ1) is 6.94. The minimum atomic E-state index is -0.247. The molecule has 15 heavy (non-hydrogen) atoms. The average Bonchev–Trinajstić information content (AvgIpc) is 2.10. The van der Waals surface area contributed by atoms with Gasteiger partial charge in [0.2, 0.25) is 5.91 Å². The molecule has 3 nitrogen and oxygen atoms in total. The van der Waals surface area contributed by atoms with Crippen molar-refractivity contribution in [2.45, 2.75) is 45.3 Å². The third-order valence-corrected chi connectivity index (χ3v) is 2.41. The van der Waals surface area contributed by atoms with Crippen LogP contribution < -0.4 is 0 Å². The summed E-state index contributed by atoms with van der Waals surface area (Å²) in [5, 5.41) is 0. The van der Waals surface area contributed by atoms with Gasteiger partial charge in [0.25, 0.3) is 0 Å². The molecular weight excluding hydrogens is 190 g/mol. The van der Waals surface area contributed by atoms with Gasteiger partial charge in [-0.1, -0.05) is 0 Å². The van der Waals surface area contributed by atoms with Crippen LogP contribution in [-0.4, -0.2) is 35.6 Å². The fourth-order valence-corrected chi connectivity index (χ4v) is 1.98. The molecule has 0 aromatic carbocycles. The number of hydrogen-bond donors (Lipinski definition) is 0. The molecule has 0 unspecified atom stereocenters. The second-order valence-corrected chi connectivity index (χ2v) is 4.67. The highest BCUT2D eigenvalue weighted by molar-refractivity contribution is 5.76. The molecule has 0 bridgehead atoms. The quantitative estimate of drug-likeness (QED) is 0.644. The molecule has 1 saturated heterocycles. The van der Waals surface area contributed by atoms with Crippen LogP contribution >= 0.6 is 0 Å². The molecule has 0 saturated carbocycles. The van der Waals surface area contributed by atoms with E-state index in [0.717, 1.165) is 0 Å². The molecule has 0 aromatic rings. The van der Waals surface area contributed by atoms with Crippen molar-refractivity contribution < 1.29 is 9.53 Å². The Bertz CT molecular complexity index is 278. The number of rotatable bonds is 2. The van der Waals surface area contributed by atoms with E-state index in [2.05, 4.69) is 5.92 Å². The summed E-state index contributed by atoms with van der Waals surface area (Å²) >= 11 is 0. The maximum atomic E-state index is 11.8. The largest absolute Gasteiger partial charge is 0.369 e. The Balaban J connectivity index is 2.55. The summed E-state index contributed by atoms with van der Waals surface area (Å²) in [4.78, 5) is 13.6. The monoisotopic (exact) mass is 209 g/mol. The fraction of sp³-hybridized carbons (Fsp3) is 0.750. The number of ether oxygens (including phenoxy) is 1. The highest BCUT2D eigenvalue weighted by Gasteiger charge is 2.33. The number of nitrogens with zero attached hydrogens (tertiary/aromatic N) is 1. The van der Waals surface area contributed by atoms with E-state index in [9.17, 15) is 4.79 Å². The van der Waals surface area contributed by atoms with Gasteiger partial charge in [-0.2, -0.15) is 0 Å². The first-order valence-electron chi connectivity index (χ1n) is 5.33. The molecule has 1 fully saturated rings. The van der Waals surface area contributed by atoms with E-state index in [1.807, 2.05) is 25.7 Å². The van der Waals surface area contributed by atoms with E-state index in [1.165, 1.54) is 0 Å². The number of carbonyl (C=O) groups is 1. The van der Waals surface area contributed by atoms with Gasteiger partial charge in [0.15, 0.2) is 0 Å². The fourth-order valence-electron chi connectivity index (χ4n) is 1.98. The van der Waals surface area contributed by atoms with Crippen LogP contribution in [0.25, 0.3) is 0 Å². The maximum Gasteiger partial charge on any atom is 0.223 e. The average molecular weight is 209 g/mol. The van der Waals surface area contributed by atoms with Crippen LogP contribution in [0.4, 0.5) is 0 Å². The predicted octanol–water partition coefficient (Wildman–Crippen LogP) is 1.43. The van der Waals surface area contributed by atoms with Crippen molar-refractivity contribution in [1.82, 2.24) is 4.90 Å². The Morgan fingerprint density at radius 2 is 2.33 bits per heavy atom. The van der Waals surface area contributed by atoms with Gasteiger partial charge in [-0.15, -0.1) is 12.3 Å². The number of morpholine rings is 1. The Morgan fingerprint density at radius 3 is 2.87 bits per heavy atom. The van der Waals surface area contributed by atoms with Gasteiger partial charge in [-0.3, -0.25) is 4.79 Å². The molecule has 0 radical (unpaired) electrons. The third-order valence-electron chi connectivity index (χ3n) is 2.41. The molecule has 1 aliphatic heterocycles. The second-order valence-electron chi connectivity index (χ2n) is 4.67. The van der Waals surface area contributed by atoms with E-state index in [-0.39, 0.29) is 17.6 Å². The van der Waals surface area contributed by atoms with Crippen LogP contribution in [0.15, 0.2) is 0 Å². The first-order valence-corrected chi connectivity index (χ1v) is 5.33. The topological polar surface area (TPSA) is 29.5 Å². The van der Waals surface area contributed by atoms with Crippen molar-refractivity contribution >= 4 is 5.91 Å². The lowest BCUT2D eigenvalue weighted by Crippen LogP contribution is -2.53. The highest BCUT2D eigenvalue weighted by atomic mass is 16.5. The predicted molar refractivity (Wildman–Crippen MR) is 59.3 cm³/mol. The van der Waals surface area contributed by atoms with Gasteiger partial charge in [0, 0.05) is 25.9 Å². The molecular formula is C12H19NO2. The van der Waals surface area contributed by atoms with E-state index in [0.29, 0.717) is 25.9 Å². The normalized spacial score (nSPS) is 24.7. The van der Waals surface area contributed by atoms with Crippen LogP contribution in [0.3, 0.4) is 0 Å². The Labute approximate surface area is 91.8 Å². The van der Waals surface area contributed by atoms with Crippen molar-refractivity contribution in [2.24, 2.45) is 0 Å². The summed E-state index contributed by atoms with van der Waals surface area (Å²) in [6, 6.07) is 0. The maximum absolute atomic E-state index is 11.8. The number of terminal acetylenes is 1. The van der Waals surface area contributed by atoms with Crippen molar-refractivity contribution in [2.75, 3.05) is 13.1 Å². The van der Waals surface area contributed by atoms with E-state index in [1.54, 1.807) is 0 Å². The molecule has 0 aromatic heterocycles. The van der Waals surface area contributed by atoms with Crippen molar-refractivity contribution in [1.29, 1.82) is 0 Å². The van der Waals surface area contributed by atoms with Crippen molar-refractivity contribution in [3.8, 4) is 12.3 Å². The molecule has 1 atom stereocenters. The Hall–Kier alpha value is -1.01. The summed E-state index contributed by atoms with van der Waals surface area (Å²) in [6.45, 7) is 7.32. The molecule has 1 heterocycles. The van der Waals surface area contributed by atoms with Crippen molar-refractivity contribution in [3.05, 3.63) is 0 Å². The summed E-state index contributed by atoms with van der Waals surface area (Å²) in [5.41, 5.74) is -0.247. The van der Waals surface area contributed by atoms with Gasteiger partial charge >= 0.3 is 0 Å². The van der Waals surface area contributed by atoms with Gasteiger partial charge in [-0.25, -0.2) is 0 Å². The van der Waals surface area contributed by atoms with Crippen LogP contribution in [0.1, 0.15) is 33.6 Å². The van der Waals surface area contributed by atoms with Crippen LogP contribution in [0.2, 0.25) is 0 Å². The third kappa shape index (κ3) is 3.56. The molecule has 1 amide bonds. The minimum Gasteiger partial charge on any atom is -0.369 e. The van der Waals surface area contributed by atoms with Crippen molar-refractivity contribution in [3.63, 3.8) is 0 Å². The lowest BCUT2D eigenvalue weighted by atomic mass is 10.1. The zero-order valence-corrected chi connectivity index (χ0v) is 9.75. The lowest BCUT2D eigenvalue weighted by molar-refractivity contribution is -0.158. The summed E-state index contributed by atoms with van der Waals surface area (Å²) in [5.74, 6) is 2.63. The standard InChI is InChI=1S/C12H19NO2/c1-5-6-7-11(14)13-8-10(2)15-12(3,4)9-13/h1,10H,6-9H2,2-4H3/t10-/m0/s1. The number of carbonyl (C=O) groups excluding carboxylic acids is 1. The van der Waals surface area contributed by atoms with Gasteiger partial charge in [0.05, 0.1) is 11.7 Å². The van der Waals surface area contributed by atoms with Crippen LogP contribution in [0.5, 0.6) is 0 Å². The lowest BCUT2D eigenvalue weighted by Gasteiger charge is -2.41. The Kier molecular flexibility index (Phi) is 3.76. The van der Waals surface area contributed by atoms with Gasteiger partial charge < -0.3 is 9.64 Å². The Morgan fingerprint density at radius 1 is 1.67 bits per heavy atom. The molecule has 84 valence electrons. The second kappa shape index (κ2) is 4.67.